The van der Waals surface area contributed by atoms with Gasteiger partial charge in [0, 0.05) is 44.3 Å². The minimum Gasteiger partial charge on any atom is -0.455 e. The van der Waals surface area contributed by atoms with Crippen molar-refractivity contribution in [3.63, 3.8) is 0 Å². The molecule has 13 rings (SSSR count). The zero-order valence-corrected chi connectivity index (χ0v) is 40.0. The lowest BCUT2D eigenvalue weighted by molar-refractivity contribution is 0.332. The summed E-state index contributed by atoms with van der Waals surface area (Å²) in [5, 5.41) is 5.91. The van der Waals surface area contributed by atoms with Gasteiger partial charge in [0.1, 0.15) is 16.2 Å². The minimum atomic E-state index is -0.153. The number of thiazole rings is 1. The van der Waals surface area contributed by atoms with Crippen LogP contribution < -0.4 is 15.7 Å². The molecular weight excluding hydrogens is 810 g/mol. The van der Waals surface area contributed by atoms with E-state index in [0.717, 1.165) is 45.5 Å². The normalized spacial score (nSPS) is 16.2. The maximum Gasteiger partial charge on any atom is 0.333 e. The average molecular weight is 864 g/mol. The molecule has 5 heterocycles. The second-order valence-corrected chi connectivity index (χ2v) is 23.7. The van der Waals surface area contributed by atoms with Gasteiger partial charge in [-0.3, -0.25) is 0 Å². The van der Waals surface area contributed by atoms with Crippen molar-refractivity contribution in [1.82, 2.24) is 9.55 Å². The van der Waals surface area contributed by atoms with Crippen LogP contribution in [0.4, 0.5) is 11.4 Å². The Balaban J connectivity index is 1.26. The summed E-state index contributed by atoms with van der Waals surface area (Å²) in [5.74, 6) is 0. The molecule has 0 spiro atoms. The van der Waals surface area contributed by atoms with Crippen LogP contribution >= 0.6 is 11.3 Å². The van der Waals surface area contributed by atoms with Crippen LogP contribution in [0.25, 0.3) is 81.3 Å². The summed E-state index contributed by atoms with van der Waals surface area (Å²) in [6, 6.07) is 46.2. The first-order valence-electron chi connectivity index (χ1n) is 23.5. The Labute approximate surface area is 386 Å². The Morgan fingerprint density at radius 2 is 1.34 bits per heavy atom. The first-order valence-corrected chi connectivity index (χ1v) is 24.3. The van der Waals surface area contributed by atoms with Crippen LogP contribution in [0, 0.1) is 0 Å². The van der Waals surface area contributed by atoms with E-state index in [4.69, 9.17) is 9.40 Å². The maximum atomic E-state index is 7.29. The number of hydrogen-bond acceptors (Lipinski definition) is 4. The SMILES string of the molecule is CC(C)(C)c1ccc(N2B3c4cc5nc(-c6ccccc6)sc5cc4-n4c5cc6c(cc5c5c7oc8ccccc8c7c(c3c54)-c3cc(C(C)(C)C)ccc32)C(C)(C)CCC6(C)C)cc1. The van der Waals surface area contributed by atoms with Gasteiger partial charge in [-0.1, -0.05) is 136 Å². The zero-order valence-electron chi connectivity index (χ0n) is 39.2. The van der Waals surface area contributed by atoms with Gasteiger partial charge in [-0.25, -0.2) is 4.98 Å². The second-order valence-electron chi connectivity index (χ2n) is 22.6. The molecule has 0 unspecified atom stereocenters. The summed E-state index contributed by atoms with van der Waals surface area (Å²) >= 11 is 1.79. The summed E-state index contributed by atoms with van der Waals surface area (Å²) in [4.78, 5) is 8.09. The van der Waals surface area contributed by atoms with Crippen molar-refractivity contribution in [3.05, 3.63) is 144 Å². The molecule has 3 aromatic heterocycles. The van der Waals surface area contributed by atoms with Crippen LogP contribution in [0.3, 0.4) is 0 Å². The Hall–Kier alpha value is -6.11. The molecule has 0 saturated carbocycles. The molecule has 0 bridgehead atoms. The van der Waals surface area contributed by atoms with E-state index >= 15 is 0 Å². The molecule has 0 radical (unpaired) electrons. The first kappa shape index (κ1) is 39.3. The molecular formula is C59H54BN3OS. The standard InChI is InChI=1S/C59H54BN3OS/c1-56(2,3)34-20-23-36(24-21-34)63-44-25-22-35(57(4,5)6)28-38(44)49-50-37-18-14-15-19-47(37)64-54(50)51-39-29-40-41(59(9,10)27-26-58(40,7)8)30-45(39)62-46-32-48-43(31-42(46)60(63)52(49)53(51)62)61-55(65-48)33-16-12-11-13-17-33/h11-25,28-32H,26-27H2,1-10H3. The zero-order chi connectivity index (χ0) is 44.7. The predicted molar refractivity (Wildman–Crippen MR) is 278 cm³/mol. The molecule has 0 N–H and O–H groups in total. The number of fused-ring (bicyclic) bond motifs is 15. The van der Waals surface area contributed by atoms with Crippen LogP contribution in [-0.2, 0) is 21.7 Å². The highest BCUT2D eigenvalue weighted by atomic mass is 32.1. The van der Waals surface area contributed by atoms with Crippen LogP contribution in [0.2, 0.25) is 0 Å². The molecule has 7 aromatic carbocycles. The third-order valence-corrected chi connectivity index (χ3v) is 16.6. The lowest BCUT2D eigenvalue weighted by Crippen LogP contribution is -2.60. The fourth-order valence-corrected chi connectivity index (χ4v) is 12.8. The summed E-state index contributed by atoms with van der Waals surface area (Å²) in [6.45, 7) is 23.6. The number of para-hydroxylation sites is 1. The largest absolute Gasteiger partial charge is 0.455 e. The van der Waals surface area contributed by atoms with Gasteiger partial charge in [-0.2, -0.15) is 0 Å². The number of hydrogen-bond donors (Lipinski definition) is 0. The maximum absolute atomic E-state index is 7.29. The van der Waals surface area contributed by atoms with Crippen molar-refractivity contribution in [3.8, 4) is 27.4 Å². The third kappa shape index (κ3) is 5.41. The first-order chi connectivity index (χ1) is 31.0. The molecule has 320 valence electrons. The molecule has 0 saturated heterocycles. The number of furan rings is 1. The lowest BCUT2D eigenvalue weighted by atomic mass is 9.43. The highest BCUT2D eigenvalue weighted by Crippen LogP contribution is 2.54. The molecule has 65 heavy (non-hydrogen) atoms. The van der Waals surface area contributed by atoms with Gasteiger partial charge < -0.3 is 13.8 Å². The monoisotopic (exact) mass is 863 g/mol. The summed E-state index contributed by atoms with van der Waals surface area (Å²) in [7, 11) is 0. The van der Waals surface area contributed by atoms with E-state index in [9.17, 15) is 0 Å². The fourth-order valence-electron chi connectivity index (χ4n) is 11.8. The van der Waals surface area contributed by atoms with E-state index in [1.54, 1.807) is 11.3 Å². The highest BCUT2D eigenvalue weighted by Gasteiger charge is 2.47. The molecule has 2 aliphatic heterocycles. The molecule has 0 fully saturated rings. The van der Waals surface area contributed by atoms with Gasteiger partial charge in [0.05, 0.1) is 26.6 Å². The molecule has 1 aliphatic carbocycles. The predicted octanol–water partition coefficient (Wildman–Crippen LogP) is 15.1. The Bertz CT molecular complexity index is 3680. The van der Waals surface area contributed by atoms with Crippen LogP contribution in [-0.4, -0.2) is 16.4 Å². The van der Waals surface area contributed by atoms with Crippen LogP contribution in [0.5, 0.6) is 0 Å². The van der Waals surface area contributed by atoms with Crippen molar-refractivity contribution in [2.24, 2.45) is 0 Å². The van der Waals surface area contributed by atoms with Gasteiger partial charge in [0.25, 0.3) is 0 Å². The third-order valence-electron chi connectivity index (χ3n) is 15.6. The topological polar surface area (TPSA) is 34.2 Å². The van der Waals surface area contributed by atoms with Crippen molar-refractivity contribution >= 4 is 94.4 Å². The number of rotatable bonds is 2. The fraction of sp³-hybridized carbons (Fsp3) is 0.271. The number of anilines is 2. The molecule has 3 aliphatic rings. The number of nitrogens with zero attached hydrogens (tertiary/aromatic N) is 3. The van der Waals surface area contributed by atoms with Crippen molar-refractivity contribution < 1.29 is 4.42 Å². The van der Waals surface area contributed by atoms with Gasteiger partial charge in [0.15, 0.2) is 0 Å². The van der Waals surface area contributed by atoms with Crippen LogP contribution in [0.15, 0.2) is 126 Å². The van der Waals surface area contributed by atoms with Gasteiger partial charge >= 0.3 is 6.85 Å². The summed E-state index contributed by atoms with van der Waals surface area (Å²) < 4.78 is 11.1. The number of benzene rings is 7. The Morgan fingerprint density at radius 1 is 0.662 bits per heavy atom. The second kappa shape index (κ2) is 12.8. The molecule has 0 atom stereocenters. The van der Waals surface area contributed by atoms with Crippen molar-refractivity contribution in [2.45, 2.75) is 104 Å². The smallest absolute Gasteiger partial charge is 0.333 e. The highest BCUT2D eigenvalue weighted by molar-refractivity contribution is 7.21. The minimum absolute atomic E-state index is 0.0278. The van der Waals surface area contributed by atoms with Crippen molar-refractivity contribution in [1.29, 1.82) is 0 Å². The van der Waals surface area contributed by atoms with Gasteiger partial charge in [-0.05, 0) is 128 Å². The van der Waals surface area contributed by atoms with E-state index in [0.29, 0.717) is 0 Å². The van der Waals surface area contributed by atoms with E-state index in [2.05, 4.69) is 200 Å². The average Bonchev–Trinajstić information content (AvgIpc) is 3.98. The molecule has 4 nitrogen and oxygen atoms in total. The molecule has 10 aromatic rings. The van der Waals surface area contributed by atoms with Crippen LogP contribution in [0.1, 0.15) is 104 Å². The van der Waals surface area contributed by atoms with E-state index in [-0.39, 0.29) is 28.5 Å². The Kier molecular flexibility index (Phi) is 7.75. The molecule has 6 heteroatoms. The van der Waals surface area contributed by atoms with E-state index < -0.39 is 0 Å². The lowest BCUT2D eigenvalue weighted by Gasteiger charge is -2.43. The quantitative estimate of drug-likeness (QED) is 0.162. The van der Waals surface area contributed by atoms with Gasteiger partial charge in [0.2, 0.25) is 0 Å². The van der Waals surface area contributed by atoms with E-state index in [1.807, 2.05) is 0 Å². The number of aromatic nitrogens is 2. The van der Waals surface area contributed by atoms with Gasteiger partial charge in [-0.15, -0.1) is 11.3 Å². The van der Waals surface area contributed by atoms with E-state index in [1.165, 1.54) is 93.3 Å². The Morgan fingerprint density at radius 3 is 2.06 bits per heavy atom. The van der Waals surface area contributed by atoms with Crippen molar-refractivity contribution in [2.75, 3.05) is 4.81 Å². The molecule has 0 amide bonds. The summed E-state index contributed by atoms with van der Waals surface area (Å²) in [6.07, 6.45) is 2.31. The summed E-state index contributed by atoms with van der Waals surface area (Å²) in [5.41, 5.74) is 21.0.